The van der Waals surface area contributed by atoms with Gasteiger partial charge in [-0.05, 0) is 19.4 Å². The van der Waals surface area contributed by atoms with Crippen LogP contribution in [0.25, 0.3) is 11.4 Å². The summed E-state index contributed by atoms with van der Waals surface area (Å²) in [5.74, 6) is 1.74. The van der Waals surface area contributed by atoms with E-state index in [9.17, 15) is 4.79 Å². The van der Waals surface area contributed by atoms with Gasteiger partial charge in [-0.1, -0.05) is 30.3 Å². The number of amides is 1. The van der Waals surface area contributed by atoms with Gasteiger partial charge in [-0.2, -0.15) is 0 Å². The molecular formula is C17H20N4O. The summed E-state index contributed by atoms with van der Waals surface area (Å²) in [5, 5.41) is 3.35. The van der Waals surface area contributed by atoms with Gasteiger partial charge in [0, 0.05) is 37.3 Å². The molecule has 1 fully saturated rings. The molecule has 0 radical (unpaired) electrons. The third-order valence-electron chi connectivity index (χ3n) is 3.75. The topological polar surface area (TPSA) is 58.1 Å². The first-order valence-electron chi connectivity index (χ1n) is 7.65. The number of rotatable bonds is 5. The van der Waals surface area contributed by atoms with E-state index in [4.69, 9.17) is 0 Å². The van der Waals surface area contributed by atoms with Crippen LogP contribution < -0.4 is 5.32 Å². The van der Waals surface area contributed by atoms with Crippen molar-refractivity contribution in [1.82, 2.24) is 14.9 Å². The van der Waals surface area contributed by atoms with Crippen LogP contribution >= 0.6 is 0 Å². The Morgan fingerprint density at radius 2 is 2.09 bits per heavy atom. The first kappa shape index (κ1) is 14.5. The molecule has 1 aliphatic heterocycles. The Morgan fingerprint density at radius 3 is 2.82 bits per heavy atom. The number of carbonyl (C=O) groups excluding carboxylic acids is 1. The van der Waals surface area contributed by atoms with Gasteiger partial charge in [-0.15, -0.1) is 0 Å². The zero-order chi connectivity index (χ0) is 15.4. The van der Waals surface area contributed by atoms with Crippen molar-refractivity contribution in [2.45, 2.75) is 25.8 Å². The van der Waals surface area contributed by atoms with E-state index >= 15 is 0 Å². The van der Waals surface area contributed by atoms with Gasteiger partial charge in [0.1, 0.15) is 5.82 Å². The fourth-order valence-electron chi connectivity index (χ4n) is 2.69. The second kappa shape index (κ2) is 6.56. The van der Waals surface area contributed by atoms with Crippen molar-refractivity contribution >= 4 is 11.7 Å². The van der Waals surface area contributed by atoms with Gasteiger partial charge in [0.05, 0.1) is 0 Å². The van der Waals surface area contributed by atoms with Crippen LogP contribution in [0, 0.1) is 0 Å². The van der Waals surface area contributed by atoms with E-state index in [1.807, 2.05) is 41.3 Å². The van der Waals surface area contributed by atoms with Crippen LogP contribution in [0.3, 0.4) is 0 Å². The van der Waals surface area contributed by atoms with Crippen molar-refractivity contribution in [1.29, 1.82) is 0 Å². The smallest absolute Gasteiger partial charge is 0.222 e. The molecule has 1 aromatic heterocycles. The van der Waals surface area contributed by atoms with Crippen LogP contribution in [0.5, 0.6) is 0 Å². The highest BCUT2D eigenvalue weighted by molar-refractivity contribution is 5.78. The Balaban J connectivity index is 1.66. The molecule has 2 aromatic rings. The van der Waals surface area contributed by atoms with Gasteiger partial charge in [0.25, 0.3) is 0 Å². The quantitative estimate of drug-likeness (QED) is 0.921. The van der Waals surface area contributed by atoms with Crippen molar-refractivity contribution in [2.24, 2.45) is 0 Å². The summed E-state index contributed by atoms with van der Waals surface area (Å²) in [4.78, 5) is 22.5. The van der Waals surface area contributed by atoms with Crippen molar-refractivity contribution in [2.75, 3.05) is 18.4 Å². The number of likely N-dealkylation sites (tertiary alicyclic amines) is 1. The van der Waals surface area contributed by atoms with Gasteiger partial charge in [-0.3, -0.25) is 4.79 Å². The van der Waals surface area contributed by atoms with Crippen molar-refractivity contribution in [3.8, 4) is 11.4 Å². The average Bonchev–Trinajstić information content (AvgIpc) is 2.93. The van der Waals surface area contributed by atoms with Crippen molar-refractivity contribution in [3.63, 3.8) is 0 Å². The third-order valence-corrected chi connectivity index (χ3v) is 3.75. The van der Waals surface area contributed by atoms with E-state index in [1.54, 1.807) is 6.20 Å². The SMILES string of the molecule is CC(CN1CCCC1=O)Nc1ccnc(-c2ccccc2)n1. The molecule has 3 rings (SSSR count). The molecule has 2 heterocycles. The van der Waals surface area contributed by atoms with Crippen LogP contribution in [0.2, 0.25) is 0 Å². The second-order valence-corrected chi connectivity index (χ2v) is 5.62. The largest absolute Gasteiger partial charge is 0.366 e. The summed E-state index contributed by atoms with van der Waals surface area (Å²) in [5.41, 5.74) is 0.994. The Kier molecular flexibility index (Phi) is 4.32. The molecule has 5 nitrogen and oxygen atoms in total. The van der Waals surface area contributed by atoms with Crippen molar-refractivity contribution < 1.29 is 4.79 Å². The van der Waals surface area contributed by atoms with Crippen LogP contribution in [0.15, 0.2) is 42.6 Å². The van der Waals surface area contributed by atoms with Crippen LogP contribution in [0.4, 0.5) is 5.82 Å². The minimum absolute atomic E-state index is 0.153. The predicted octanol–water partition coefficient (Wildman–Crippen LogP) is 2.57. The Bertz CT molecular complexity index is 644. The molecule has 1 amide bonds. The number of aromatic nitrogens is 2. The molecule has 0 aliphatic carbocycles. The van der Waals surface area contributed by atoms with Crippen LogP contribution in [0.1, 0.15) is 19.8 Å². The lowest BCUT2D eigenvalue weighted by atomic mass is 10.2. The van der Waals surface area contributed by atoms with E-state index in [2.05, 4.69) is 22.2 Å². The zero-order valence-corrected chi connectivity index (χ0v) is 12.7. The van der Waals surface area contributed by atoms with E-state index in [0.717, 1.165) is 24.3 Å². The number of hydrogen-bond donors (Lipinski definition) is 1. The number of anilines is 1. The number of nitrogens with one attached hydrogen (secondary N) is 1. The normalized spacial score (nSPS) is 15.9. The summed E-state index contributed by atoms with van der Waals surface area (Å²) >= 11 is 0. The first-order chi connectivity index (χ1) is 10.7. The second-order valence-electron chi connectivity index (χ2n) is 5.62. The lowest BCUT2D eigenvalue weighted by molar-refractivity contribution is -0.127. The lowest BCUT2D eigenvalue weighted by Crippen LogP contribution is -2.35. The summed E-state index contributed by atoms with van der Waals surface area (Å²) in [6.07, 6.45) is 3.40. The molecule has 5 heteroatoms. The maximum absolute atomic E-state index is 11.7. The molecule has 22 heavy (non-hydrogen) atoms. The average molecular weight is 296 g/mol. The molecule has 1 saturated heterocycles. The summed E-state index contributed by atoms with van der Waals surface area (Å²) < 4.78 is 0. The highest BCUT2D eigenvalue weighted by Gasteiger charge is 2.21. The molecule has 0 spiro atoms. The van der Waals surface area contributed by atoms with E-state index < -0.39 is 0 Å². The van der Waals surface area contributed by atoms with Gasteiger partial charge in [0.15, 0.2) is 5.82 Å². The summed E-state index contributed by atoms with van der Waals surface area (Å²) in [6, 6.07) is 11.9. The summed E-state index contributed by atoms with van der Waals surface area (Å²) in [7, 11) is 0. The first-order valence-corrected chi connectivity index (χ1v) is 7.65. The Morgan fingerprint density at radius 1 is 1.27 bits per heavy atom. The van der Waals surface area contributed by atoms with E-state index in [0.29, 0.717) is 18.8 Å². The van der Waals surface area contributed by atoms with Crippen LogP contribution in [-0.2, 0) is 4.79 Å². The Hall–Kier alpha value is -2.43. The fraction of sp³-hybridized carbons (Fsp3) is 0.353. The molecule has 114 valence electrons. The number of nitrogens with zero attached hydrogens (tertiary/aromatic N) is 3. The minimum Gasteiger partial charge on any atom is -0.366 e. The molecule has 1 aromatic carbocycles. The van der Waals surface area contributed by atoms with Crippen molar-refractivity contribution in [3.05, 3.63) is 42.6 Å². The molecule has 1 atom stereocenters. The van der Waals surface area contributed by atoms with Gasteiger partial charge < -0.3 is 10.2 Å². The monoisotopic (exact) mass is 296 g/mol. The van der Waals surface area contributed by atoms with E-state index in [1.165, 1.54) is 0 Å². The maximum atomic E-state index is 11.7. The van der Waals surface area contributed by atoms with Gasteiger partial charge >= 0.3 is 0 Å². The highest BCUT2D eigenvalue weighted by atomic mass is 16.2. The number of hydrogen-bond acceptors (Lipinski definition) is 4. The maximum Gasteiger partial charge on any atom is 0.222 e. The molecule has 1 aliphatic rings. The fourth-order valence-corrected chi connectivity index (χ4v) is 2.69. The van der Waals surface area contributed by atoms with E-state index in [-0.39, 0.29) is 11.9 Å². The predicted molar refractivity (Wildman–Crippen MR) is 86.4 cm³/mol. The standard InChI is InChI=1S/C17H20N4O/c1-13(12-21-11-5-8-16(21)22)19-15-9-10-18-17(20-15)14-6-3-2-4-7-14/h2-4,6-7,9-10,13H,5,8,11-12H2,1H3,(H,18,19,20). The Labute approximate surface area is 130 Å². The minimum atomic E-state index is 0.153. The zero-order valence-electron chi connectivity index (χ0n) is 12.7. The van der Waals surface area contributed by atoms with Crippen LogP contribution in [-0.4, -0.2) is 39.9 Å². The molecule has 1 N–H and O–H groups in total. The number of carbonyl (C=O) groups is 1. The molecule has 0 bridgehead atoms. The van der Waals surface area contributed by atoms with Gasteiger partial charge in [-0.25, -0.2) is 9.97 Å². The third kappa shape index (κ3) is 3.42. The number of benzene rings is 1. The molecular weight excluding hydrogens is 276 g/mol. The lowest BCUT2D eigenvalue weighted by Gasteiger charge is -2.22. The summed E-state index contributed by atoms with van der Waals surface area (Å²) in [6.45, 7) is 3.64. The molecule has 1 unspecified atom stereocenters. The van der Waals surface area contributed by atoms with Gasteiger partial charge in [0.2, 0.25) is 5.91 Å². The highest BCUT2D eigenvalue weighted by Crippen LogP contribution is 2.16. The molecule has 0 saturated carbocycles.